The Bertz CT molecular complexity index is 138. The van der Waals surface area contributed by atoms with Crippen molar-refractivity contribution >= 4 is 0 Å². The van der Waals surface area contributed by atoms with Crippen LogP contribution in [0.1, 0.15) is 0 Å². The van der Waals surface area contributed by atoms with Crippen LogP contribution in [0, 0.1) is 37.7 Å². The molecule has 0 aliphatic carbocycles. The number of para-hydroxylation sites is 1. The van der Waals surface area contributed by atoms with E-state index in [1.807, 2.05) is 6.07 Å². The summed E-state index contributed by atoms with van der Waals surface area (Å²) in [5.41, 5.74) is 0. The van der Waals surface area contributed by atoms with Crippen LogP contribution in [0.4, 0.5) is 0 Å². The zero-order chi connectivity index (χ0) is 5.11. The molecule has 1 aromatic carbocycles. The van der Waals surface area contributed by atoms with Crippen molar-refractivity contribution in [2.75, 3.05) is 0 Å². The fraction of sp³-hybridized carbons (Fsp3) is 0. The Morgan fingerprint density at radius 1 is 1.00 bits per heavy atom. The summed E-state index contributed by atoms with van der Waals surface area (Å²) in [5, 5.41) is 8.63. The van der Waals surface area contributed by atoms with E-state index in [-0.39, 0.29) is 37.7 Å². The molecule has 1 rings (SSSR count). The average molecular weight is 134 g/mol. The van der Waals surface area contributed by atoms with Gasteiger partial charge in [-0.1, -0.05) is 18.2 Å². The van der Waals surface area contributed by atoms with Gasteiger partial charge in [0.1, 0.15) is 5.75 Å². The third-order valence-electron chi connectivity index (χ3n) is 0.756. The van der Waals surface area contributed by atoms with Gasteiger partial charge in [0.2, 0.25) is 0 Å². The number of phenolic OH excluding ortho intramolecular Hbond substituents is 1. The van der Waals surface area contributed by atoms with E-state index < -0.39 is 0 Å². The predicted molar refractivity (Wildman–Crippen MR) is 28.1 cm³/mol. The summed E-state index contributed by atoms with van der Waals surface area (Å²) in [5.74, 6) is 0.322. The molecule has 1 N–H and O–H groups in total. The number of hydrogen-bond acceptors (Lipinski definition) is 1. The fourth-order valence-corrected chi connectivity index (χ4v) is 0.428. The van der Waals surface area contributed by atoms with E-state index in [9.17, 15) is 0 Å². The minimum Gasteiger partial charge on any atom is -0.508 e. The molecular formula is C6H6ArO. The van der Waals surface area contributed by atoms with Gasteiger partial charge in [-0.15, -0.1) is 0 Å². The molecule has 0 heterocycles. The summed E-state index contributed by atoms with van der Waals surface area (Å²) in [7, 11) is 0. The van der Waals surface area contributed by atoms with Gasteiger partial charge in [-0.3, -0.25) is 0 Å². The van der Waals surface area contributed by atoms with Crippen molar-refractivity contribution < 1.29 is 42.8 Å². The number of aromatic hydroxyl groups is 1. The summed E-state index contributed by atoms with van der Waals surface area (Å²) in [6.07, 6.45) is 0. The zero-order valence-corrected chi connectivity index (χ0v) is 4.89. The molecule has 0 saturated heterocycles. The van der Waals surface area contributed by atoms with E-state index in [0.717, 1.165) is 0 Å². The molecule has 0 aliphatic heterocycles. The maximum absolute atomic E-state index is 8.63. The largest absolute Gasteiger partial charge is 0.508 e. The van der Waals surface area contributed by atoms with Crippen LogP contribution in [0.25, 0.3) is 0 Å². The van der Waals surface area contributed by atoms with E-state index in [0.29, 0.717) is 5.75 Å². The van der Waals surface area contributed by atoms with Crippen LogP contribution >= 0.6 is 0 Å². The molecule has 0 fully saturated rings. The SMILES string of the molecule is Oc1ccccc1.[Ar]. The first-order valence-corrected chi connectivity index (χ1v) is 2.13. The first-order chi connectivity index (χ1) is 3.39. The average Bonchev–Trinajstić information content (AvgIpc) is 1.69. The van der Waals surface area contributed by atoms with Crippen LogP contribution in [0.2, 0.25) is 0 Å². The van der Waals surface area contributed by atoms with E-state index >= 15 is 0 Å². The molecule has 0 aliphatic rings. The quantitative estimate of drug-likeness (QED) is 0.568. The molecule has 1 aromatic rings. The number of hydrogen-bond donors (Lipinski definition) is 1. The Kier molecular flexibility index (Phi) is 4.33. The maximum Gasteiger partial charge on any atom is 0.115 e. The van der Waals surface area contributed by atoms with Crippen LogP contribution in [0.15, 0.2) is 30.3 Å². The molecule has 2 heteroatoms. The van der Waals surface area contributed by atoms with Gasteiger partial charge >= 0.3 is 0 Å². The van der Waals surface area contributed by atoms with E-state index in [1.165, 1.54) is 0 Å². The van der Waals surface area contributed by atoms with Crippen molar-refractivity contribution in [3.63, 3.8) is 0 Å². The predicted octanol–water partition coefficient (Wildman–Crippen LogP) is 1.39. The molecule has 8 heavy (non-hydrogen) atoms. The molecular weight excluding hydrogens is 128 g/mol. The number of rotatable bonds is 0. The van der Waals surface area contributed by atoms with Gasteiger partial charge in [-0.2, -0.15) is 0 Å². The van der Waals surface area contributed by atoms with Crippen molar-refractivity contribution in [2.24, 2.45) is 0 Å². The van der Waals surface area contributed by atoms with Crippen LogP contribution in [-0.2, 0) is 0 Å². The van der Waals surface area contributed by atoms with Crippen molar-refractivity contribution in [1.29, 1.82) is 0 Å². The minimum atomic E-state index is 0. The third kappa shape index (κ3) is 2.55. The Balaban J connectivity index is 0.000000490. The molecule has 0 aromatic heterocycles. The topological polar surface area (TPSA) is 20.2 Å². The smallest absolute Gasteiger partial charge is 0.115 e. The van der Waals surface area contributed by atoms with Gasteiger partial charge in [0, 0.05) is 37.7 Å². The Labute approximate surface area is 78.3 Å². The molecule has 44 valence electrons. The van der Waals surface area contributed by atoms with Crippen LogP contribution in [-0.4, -0.2) is 5.11 Å². The molecule has 0 radical (unpaired) electrons. The Morgan fingerprint density at radius 3 is 1.75 bits per heavy atom. The van der Waals surface area contributed by atoms with Crippen LogP contribution in [0.3, 0.4) is 0 Å². The van der Waals surface area contributed by atoms with E-state index in [4.69, 9.17) is 5.11 Å². The first kappa shape index (κ1) is 8.28. The second-order valence-corrected chi connectivity index (χ2v) is 1.34. The Morgan fingerprint density at radius 2 is 1.50 bits per heavy atom. The second-order valence-electron chi connectivity index (χ2n) is 1.34. The minimum absolute atomic E-state index is 0. The Hall–Kier alpha value is 0.280. The fourth-order valence-electron chi connectivity index (χ4n) is 0.428. The molecule has 0 bridgehead atoms. The maximum atomic E-state index is 8.63. The van der Waals surface area contributed by atoms with Crippen molar-refractivity contribution in [3.8, 4) is 5.75 Å². The summed E-state index contributed by atoms with van der Waals surface area (Å²) >= 11 is 0. The van der Waals surface area contributed by atoms with E-state index in [2.05, 4.69) is 0 Å². The monoisotopic (exact) mass is 134 g/mol. The zero-order valence-electron chi connectivity index (χ0n) is 4.19. The van der Waals surface area contributed by atoms with Gasteiger partial charge < -0.3 is 5.11 Å². The first-order valence-electron chi connectivity index (χ1n) is 2.13. The van der Waals surface area contributed by atoms with Crippen molar-refractivity contribution in [2.45, 2.75) is 0 Å². The van der Waals surface area contributed by atoms with Crippen LogP contribution in [0.5, 0.6) is 5.75 Å². The van der Waals surface area contributed by atoms with Gasteiger partial charge in [0.15, 0.2) is 0 Å². The van der Waals surface area contributed by atoms with Gasteiger partial charge in [0.05, 0.1) is 0 Å². The van der Waals surface area contributed by atoms with Gasteiger partial charge in [-0.25, -0.2) is 0 Å². The summed E-state index contributed by atoms with van der Waals surface area (Å²) in [6.45, 7) is 0. The summed E-state index contributed by atoms with van der Waals surface area (Å²) in [6, 6.07) is 8.71. The van der Waals surface area contributed by atoms with Crippen LogP contribution < -0.4 is 0 Å². The third-order valence-corrected chi connectivity index (χ3v) is 0.756. The van der Waals surface area contributed by atoms with Gasteiger partial charge in [-0.05, 0) is 12.1 Å². The number of benzene rings is 1. The van der Waals surface area contributed by atoms with Gasteiger partial charge in [0.25, 0.3) is 0 Å². The summed E-state index contributed by atoms with van der Waals surface area (Å²) < 4.78 is 0. The second kappa shape index (κ2) is 4.19. The molecule has 0 atom stereocenters. The molecule has 0 spiro atoms. The standard InChI is InChI=1S/C6H6O.Ar/c7-6-4-2-1-3-5-6;/h1-5,7H;. The normalized spacial score (nSPS) is 7.50. The van der Waals surface area contributed by atoms with Crippen molar-refractivity contribution in [1.82, 2.24) is 0 Å². The number of phenols is 1. The molecule has 1 nitrogen and oxygen atoms in total. The van der Waals surface area contributed by atoms with Crippen molar-refractivity contribution in [3.05, 3.63) is 30.3 Å². The molecule has 0 saturated carbocycles. The summed E-state index contributed by atoms with van der Waals surface area (Å²) in [4.78, 5) is 0. The van der Waals surface area contributed by atoms with E-state index in [1.54, 1.807) is 24.3 Å². The molecule has 0 unspecified atom stereocenters. The molecule has 0 amide bonds.